The standard InChI is InChI=1S/C10H18O2/c1-9(2)6-4-8(11)10(3,12)5-7(6)9/h6-8,11-12H,4-5H2,1-3H3/t6-,7-,8+,10+/m0/s1. The second-order valence-electron chi connectivity index (χ2n) is 5.35. The highest BCUT2D eigenvalue weighted by molar-refractivity contribution is 5.12. The van der Waals surface area contributed by atoms with Crippen molar-refractivity contribution in [1.29, 1.82) is 0 Å². The zero-order valence-corrected chi connectivity index (χ0v) is 8.04. The summed E-state index contributed by atoms with van der Waals surface area (Å²) in [6.07, 6.45) is 1.04. The number of hydrogen-bond acceptors (Lipinski definition) is 2. The first-order chi connectivity index (χ1) is 5.36. The van der Waals surface area contributed by atoms with Crippen LogP contribution in [0.15, 0.2) is 0 Å². The molecule has 2 fully saturated rings. The molecule has 2 heteroatoms. The molecule has 70 valence electrons. The van der Waals surface area contributed by atoms with Crippen LogP contribution in [0.5, 0.6) is 0 Å². The van der Waals surface area contributed by atoms with Crippen molar-refractivity contribution < 1.29 is 10.2 Å². The molecule has 0 saturated heterocycles. The van der Waals surface area contributed by atoms with E-state index < -0.39 is 11.7 Å². The van der Waals surface area contributed by atoms with Gasteiger partial charge in [0.25, 0.3) is 0 Å². The molecule has 0 aromatic rings. The summed E-state index contributed by atoms with van der Waals surface area (Å²) >= 11 is 0. The Kier molecular flexibility index (Phi) is 1.45. The van der Waals surface area contributed by atoms with E-state index in [9.17, 15) is 10.2 Å². The molecule has 0 aromatic carbocycles. The van der Waals surface area contributed by atoms with Gasteiger partial charge in [-0.3, -0.25) is 0 Å². The van der Waals surface area contributed by atoms with Crippen LogP contribution in [-0.2, 0) is 0 Å². The molecule has 2 aliphatic carbocycles. The first-order valence-corrected chi connectivity index (χ1v) is 4.76. The van der Waals surface area contributed by atoms with E-state index in [1.54, 1.807) is 6.92 Å². The zero-order valence-electron chi connectivity index (χ0n) is 8.04. The molecule has 2 saturated carbocycles. The van der Waals surface area contributed by atoms with Crippen LogP contribution in [0, 0.1) is 17.3 Å². The first kappa shape index (κ1) is 8.52. The smallest absolute Gasteiger partial charge is 0.0880 e. The first-order valence-electron chi connectivity index (χ1n) is 4.76. The summed E-state index contributed by atoms with van der Waals surface area (Å²) in [6.45, 7) is 6.22. The van der Waals surface area contributed by atoms with Crippen molar-refractivity contribution in [3.8, 4) is 0 Å². The number of hydrogen-bond donors (Lipinski definition) is 2. The Bertz CT molecular complexity index is 208. The van der Waals surface area contributed by atoms with Crippen LogP contribution >= 0.6 is 0 Å². The van der Waals surface area contributed by atoms with Crippen LogP contribution < -0.4 is 0 Å². The van der Waals surface area contributed by atoms with Crippen molar-refractivity contribution in [2.75, 3.05) is 0 Å². The molecule has 12 heavy (non-hydrogen) atoms. The van der Waals surface area contributed by atoms with Crippen LogP contribution in [0.2, 0.25) is 0 Å². The topological polar surface area (TPSA) is 40.5 Å². The molecule has 0 aromatic heterocycles. The van der Waals surface area contributed by atoms with E-state index in [-0.39, 0.29) is 0 Å². The molecule has 2 aliphatic rings. The van der Waals surface area contributed by atoms with Gasteiger partial charge in [-0.1, -0.05) is 13.8 Å². The fraction of sp³-hybridized carbons (Fsp3) is 1.00. The average molecular weight is 170 g/mol. The van der Waals surface area contributed by atoms with Crippen molar-refractivity contribution in [3.05, 3.63) is 0 Å². The van der Waals surface area contributed by atoms with E-state index in [0.29, 0.717) is 17.3 Å². The van der Waals surface area contributed by atoms with E-state index in [4.69, 9.17) is 0 Å². The summed E-state index contributed by atoms with van der Waals surface area (Å²) in [5, 5.41) is 19.4. The van der Waals surface area contributed by atoms with Crippen LogP contribution in [0.1, 0.15) is 33.6 Å². The third kappa shape index (κ3) is 0.944. The van der Waals surface area contributed by atoms with Crippen molar-refractivity contribution in [3.63, 3.8) is 0 Å². The minimum absolute atomic E-state index is 0.363. The molecular weight excluding hydrogens is 152 g/mol. The Hall–Kier alpha value is -0.0800. The molecule has 0 radical (unpaired) electrons. The molecule has 2 N–H and O–H groups in total. The fourth-order valence-electron chi connectivity index (χ4n) is 2.81. The number of fused-ring (bicyclic) bond motifs is 1. The van der Waals surface area contributed by atoms with Gasteiger partial charge in [0.05, 0.1) is 11.7 Å². The van der Waals surface area contributed by atoms with Gasteiger partial charge in [0.1, 0.15) is 0 Å². The molecule has 0 amide bonds. The van der Waals surface area contributed by atoms with Crippen molar-refractivity contribution in [2.24, 2.45) is 17.3 Å². The average Bonchev–Trinajstić information content (AvgIpc) is 2.37. The summed E-state index contributed by atoms with van der Waals surface area (Å²) in [4.78, 5) is 0. The van der Waals surface area contributed by atoms with Gasteiger partial charge in [-0.2, -0.15) is 0 Å². The van der Waals surface area contributed by atoms with Gasteiger partial charge in [-0.25, -0.2) is 0 Å². The lowest BCUT2D eigenvalue weighted by molar-refractivity contribution is -0.0892. The van der Waals surface area contributed by atoms with Crippen molar-refractivity contribution in [1.82, 2.24) is 0 Å². The van der Waals surface area contributed by atoms with Gasteiger partial charge in [-0.15, -0.1) is 0 Å². The lowest BCUT2D eigenvalue weighted by Crippen LogP contribution is -2.42. The number of aliphatic hydroxyl groups is 2. The molecule has 0 bridgehead atoms. The SMILES string of the molecule is CC1(C)[C@H]2C[C@@H](O)[C@](C)(O)C[C@@H]21. The van der Waals surface area contributed by atoms with E-state index in [0.717, 1.165) is 12.8 Å². The third-order valence-corrected chi connectivity index (χ3v) is 4.12. The minimum Gasteiger partial charge on any atom is -0.390 e. The molecular formula is C10H18O2. The second-order valence-corrected chi connectivity index (χ2v) is 5.35. The van der Waals surface area contributed by atoms with Crippen molar-refractivity contribution >= 4 is 0 Å². The number of aliphatic hydroxyl groups excluding tert-OH is 1. The van der Waals surface area contributed by atoms with Gasteiger partial charge < -0.3 is 10.2 Å². The highest BCUT2D eigenvalue weighted by Gasteiger charge is 2.63. The van der Waals surface area contributed by atoms with E-state index in [1.807, 2.05) is 0 Å². The maximum atomic E-state index is 9.82. The summed E-state index contributed by atoms with van der Waals surface area (Å²) in [7, 11) is 0. The normalized spacial score (nSPS) is 56.2. The van der Waals surface area contributed by atoms with Crippen LogP contribution in [0.4, 0.5) is 0 Å². The summed E-state index contributed by atoms with van der Waals surface area (Å²) < 4.78 is 0. The quantitative estimate of drug-likeness (QED) is 0.573. The lowest BCUT2D eigenvalue weighted by atomic mass is 9.84. The number of rotatable bonds is 0. The minimum atomic E-state index is -0.838. The van der Waals surface area contributed by atoms with Crippen LogP contribution in [0.25, 0.3) is 0 Å². The van der Waals surface area contributed by atoms with Gasteiger partial charge in [-0.05, 0) is 37.0 Å². The van der Waals surface area contributed by atoms with E-state index >= 15 is 0 Å². The summed E-state index contributed by atoms with van der Waals surface area (Å²) in [5.41, 5.74) is -0.476. The molecule has 0 heterocycles. The molecule has 0 unspecified atom stereocenters. The maximum Gasteiger partial charge on any atom is 0.0880 e. The molecule has 4 atom stereocenters. The van der Waals surface area contributed by atoms with Gasteiger partial charge in [0, 0.05) is 0 Å². The Morgan fingerprint density at radius 2 is 1.75 bits per heavy atom. The van der Waals surface area contributed by atoms with E-state index in [2.05, 4.69) is 13.8 Å². The van der Waals surface area contributed by atoms with Crippen LogP contribution in [-0.4, -0.2) is 21.9 Å². The Morgan fingerprint density at radius 1 is 1.17 bits per heavy atom. The van der Waals surface area contributed by atoms with Gasteiger partial charge in [0.15, 0.2) is 0 Å². The predicted octanol–water partition coefficient (Wildman–Crippen LogP) is 1.16. The van der Waals surface area contributed by atoms with Crippen molar-refractivity contribution in [2.45, 2.75) is 45.3 Å². The highest BCUT2D eigenvalue weighted by Crippen LogP contribution is 2.66. The second kappa shape index (κ2) is 2.05. The summed E-state index contributed by atoms with van der Waals surface area (Å²) in [5.74, 6) is 1.28. The molecule has 2 nitrogen and oxygen atoms in total. The Balaban J connectivity index is 2.14. The van der Waals surface area contributed by atoms with E-state index in [1.165, 1.54) is 0 Å². The monoisotopic (exact) mass is 170 g/mol. The maximum absolute atomic E-state index is 9.82. The van der Waals surface area contributed by atoms with Gasteiger partial charge >= 0.3 is 0 Å². The highest BCUT2D eigenvalue weighted by atomic mass is 16.3. The van der Waals surface area contributed by atoms with Gasteiger partial charge in [0.2, 0.25) is 0 Å². The van der Waals surface area contributed by atoms with Crippen LogP contribution in [0.3, 0.4) is 0 Å². The molecule has 0 spiro atoms. The molecule has 0 aliphatic heterocycles. The fourth-order valence-corrected chi connectivity index (χ4v) is 2.81. The summed E-state index contributed by atoms with van der Waals surface area (Å²) in [6, 6.07) is 0. The largest absolute Gasteiger partial charge is 0.390 e. The Labute approximate surface area is 73.6 Å². The third-order valence-electron chi connectivity index (χ3n) is 4.12. The zero-order chi connectivity index (χ0) is 9.15. The molecule has 2 rings (SSSR count). The predicted molar refractivity (Wildman–Crippen MR) is 46.6 cm³/mol. The lowest BCUT2D eigenvalue weighted by Gasteiger charge is -2.32. The Morgan fingerprint density at radius 3 is 2.25 bits per heavy atom.